The van der Waals surface area contributed by atoms with E-state index in [4.69, 9.17) is 10.2 Å². The van der Waals surface area contributed by atoms with Gasteiger partial charge in [0.25, 0.3) is 0 Å². The van der Waals surface area contributed by atoms with Gasteiger partial charge >= 0.3 is 0 Å². The van der Waals surface area contributed by atoms with Crippen molar-refractivity contribution in [1.82, 2.24) is 4.98 Å². The maximum absolute atomic E-state index is 6.13. The van der Waals surface area contributed by atoms with Gasteiger partial charge in [0.15, 0.2) is 0 Å². The second-order valence-electron chi connectivity index (χ2n) is 4.55. The SMILES string of the molecule is Cc1nc2cc(N(C)Cc3ccco3)c(N)cc2s1. The maximum atomic E-state index is 6.13. The number of nitrogens with two attached hydrogens (primary N) is 1. The molecule has 1 aromatic carbocycles. The van der Waals surface area contributed by atoms with Crippen LogP contribution in [-0.4, -0.2) is 12.0 Å². The molecule has 0 bridgehead atoms. The fourth-order valence-corrected chi connectivity index (χ4v) is 3.00. The predicted molar refractivity (Wildman–Crippen MR) is 79.6 cm³/mol. The highest BCUT2D eigenvalue weighted by Crippen LogP contribution is 2.32. The summed E-state index contributed by atoms with van der Waals surface area (Å²) >= 11 is 1.66. The Morgan fingerprint density at radius 1 is 1.42 bits per heavy atom. The molecular formula is C14H15N3OS. The zero-order chi connectivity index (χ0) is 13.4. The number of nitrogens with zero attached hydrogens (tertiary/aromatic N) is 2. The summed E-state index contributed by atoms with van der Waals surface area (Å²) in [5.41, 5.74) is 8.88. The number of hydrogen-bond donors (Lipinski definition) is 1. The van der Waals surface area contributed by atoms with Crippen LogP contribution in [0.5, 0.6) is 0 Å². The molecule has 3 rings (SSSR count). The molecular weight excluding hydrogens is 258 g/mol. The highest BCUT2D eigenvalue weighted by Gasteiger charge is 2.11. The Balaban J connectivity index is 1.96. The highest BCUT2D eigenvalue weighted by molar-refractivity contribution is 7.18. The molecule has 0 radical (unpaired) electrons. The molecule has 0 spiro atoms. The fourth-order valence-electron chi connectivity index (χ4n) is 2.15. The molecule has 0 amide bonds. The van der Waals surface area contributed by atoms with Gasteiger partial charge in [-0.05, 0) is 31.2 Å². The van der Waals surface area contributed by atoms with Crippen LogP contribution in [0.2, 0.25) is 0 Å². The Bertz CT molecular complexity index is 703. The third-order valence-corrected chi connectivity index (χ3v) is 3.96. The average Bonchev–Trinajstić information content (AvgIpc) is 2.96. The molecule has 0 aliphatic heterocycles. The van der Waals surface area contributed by atoms with E-state index in [9.17, 15) is 0 Å². The van der Waals surface area contributed by atoms with Crippen LogP contribution >= 0.6 is 11.3 Å². The van der Waals surface area contributed by atoms with Gasteiger partial charge in [-0.25, -0.2) is 4.98 Å². The molecule has 2 N–H and O–H groups in total. The number of anilines is 2. The van der Waals surface area contributed by atoms with E-state index in [0.29, 0.717) is 6.54 Å². The van der Waals surface area contributed by atoms with Crippen molar-refractivity contribution in [3.05, 3.63) is 41.3 Å². The van der Waals surface area contributed by atoms with Crippen molar-refractivity contribution in [3.63, 3.8) is 0 Å². The zero-order valence-corrected chi connectivity index (χ0v) is 11.7. The number of furan rings is 1. The van der Waals surface area contributed by atoms with Crippen LogP contribution < -0.4 is 10.6 Å². The molecule has 0 unspecified atom stereocenters. The number of hydrogen-bond acceptors (Lipinski definition) is 5. The average molecular weight is 273 g/mol. The van der Waals surface area contributed by atoms with E-state index in [1.54, 1.807) is 17.6 Å². The monoisotopic (exact) mass is 273 g/mol. The van der Waals surface area contributed by atoms with Crippen molar-refractivity contribution >= 4 is 32.9 Å². The first-order valence-corrected chi connectivity index (χ1v) is 6.85. The first kappa shape index (κ1) is 12.0. The van der Waals surface area contributed by atoms with Gasteiger partial charge < -0.3 is 15.1 Å². The van der Waals surface area contributed by atoms with E-state index in [1.807, 2.05) is 38.2 Å². The van der Waals surface area contributed by atoms with Gasteiger partial charge in [-0.1, -0.05) is 0 Å². The van der Waals surface area contributed by atoms with E-state index in [1.165, 1.54) is 0 Å². The van der Waals surface area contributed by atoms with Gasteiger partial charge in [-0.2, -0.15) is 0 Å². The van der Waals surface area contributed by atoms with Crippen LogP contribution in [-0.2, 0) is 6.54 Å². The first-order chi connectivity index (χ1) is 9.13. The largest absolute Gasteiger partial charge is 0.467 e. The molecule has 98 valence electrons. The smallest absolute Gasteiger partial charge is 0.123 e. The third-order valence-electron chi connectivity index (χ3n) is 3.03. The van der Waals surface area contributed by atoms with Crippen LogP contribution in [0.1, 0.15) is 10.8 Å². The molecule has 19 heavy (non-hydrogen) atoms. The number of benzene rings is 1. The Hall–Kier alpha value is -2.01. The molecule has 0 saturated carbocycles. The van der Waals surface area contributed by atoms with Gasteiger partial charge in [0.2, 0.25) is 0 Å². The van der Waals surface area contributed by atoms with Crippen LogP contribution in [0.4, 0.5) is 11.4 Å². The Kier molecular flexibility index (Phi) is 2.91. The van der Waals surface area contributed by atoms with Crippen LogP contribution in [0.3, 0.4) is 0 Å². The summed E-state index contributed by atoms with van der Waals surface area (Å²) in [6.45, 7) is 2.69. The maximum Gasteiger partial charge on any atom is 0.123 e. The third kappa shape index (κ3) is 2.29. The van der Waals surface area contributed by atoms with Crippen molar-refractivity contribution in [1.29, 1.82) is 0 Å². The highest BCUT2D eigenvalue weighted by atomic mass is 32.1. The van der Waals surface area contributed by atoms with Crippen LogP contribution in [0, 0.1) is 6.92 Å². The van der Waals surface area contributed by atoms with Crippen molar-refractivity contribution in [2.45, 2.75) is 13.5 Å². The van der Waals surface area contributed by atoms with Gasteiger partial charge in [0, 0.05) is 7.05 Å². The number of rotatable bonds is 3. The van der Waals surface area contributed by atoms with E-state index in [0.717, 1.165) is 32.4 Å². The standard InChI is InChI=1S/C14H15N3OS/c1-9-16-12-7-13(11(15)6-14(12)19-9)17(2)8-10-4-3-5-18-10/h3-7H,8,15H2,1-2H3. The minimum atomic E-state index is 0.686. The summed E-state index contributed by atoms with van der Waals surface area (Å²) in [4.78, 5) is 6.58. The van der Waals surface area contributed by atoms with Crippen LogP contribution in [0.15, 0.2) is 34.9 Å². The predicted octanol–water partition coefficient (Wildman–Crippen LogP) is 3.42. The number of aryl methyl sites for hydroxylation is 1. The van der Waals surface area contributed by atoms with Gasteiger partial charge in [0.1, 0.15) is 5.76 Å². The summed E-state index contributed by atoms with van der Waals surface area (Å²) in [6, 6.07) is 7.88. The molecule has 5 heteroatoms. The molecule has 0 aliphatic rings. The van der Waals surface area contributed by atoms with Gasteiger partial charge in [-0.15, -0.1) is 11.3 Å². The summed E-state index contributed by atoms with van der Waals surface area (Å²) in [7, 11) is 2.00. The number of thiazole rings is 1. The van der Waals surface area contributed by atoms with Crippen molar-refractivity contribution in [3.8, 4) is 0 Å². The molecule has 4 nitrogen and oxygen atoms in total. The lowest BCUT2D eigenvalue weighted by Gasteiger charge is -2.19. The normalized spacial score (nSPS) is 11.1. The van der Waals surface area contributed by atoms with Crippen molar-refractivity contribution < 1.29 is 4.42 Å². The van der Waals surface area contributed by atoms with E-state index in [2.05, 4.69) is 9.88 Å². The van der Waals surface area contributed by atoms with Crippen molar-refractivity contribution in [2.75, 3.05) is 17.7 Å². The Morgan fingerprint density at radius 2 is 2.26 bits per heavy atom. The van der Waals surface area contributed by atoms with E-state index < -0.39 is 0 Å². The lowest BCUT2D eigenvalue weighted by atomic mass is 10.2. The topological polar surface area (TPSA) is 55.3 Å². The van der Waals surface area contributed by atoms with E-state index in [-0.39, 0.29) is 0 Å². The number of nitrogen functional groups attached to an aromatic ring is 1. The first-order valence-electron chi connectivity index (χ1n) is 6.03. The Morgan fingerprint density at radius 3 is 3.00 bits per heavy atom. The zero-order valence-electron chi connectivity index (χ0n) is 10.9. The lowest BCUT2D eigenvalue weighted by Crippen LogP contribution is -2.17. The minimum Gasteiger partial charge on any atom is -0.467 e. The van der Waals surface area contributed by atoms with Gasteiger partial charge in [0.05, 0.1) is 39.4 Å². The molecule has 0 fully saturated rings. The van der Waals surface area contributed by atoms with Crippen LogP contribution in [0.25, 0.3) is 10.2 Å². The van der Waals surface area contributed by atoms with Gasteiger partial charge in [-0.3, -0.25) is 0 Å². The Labute approximate surface area is 115 Å². The second kappa shape index (κ2) is 4.59. The molecule has 0 aliphatic carbocycles. The number of fused-ring (bicyclic) bond motifs is 1. The minimum absolute atomic E-state index is 0.686. The van der Waals surface area contributed by atoms with Crippen molar-refractivity contribution in [2.24, 2.45) is 0 Å². The van der Waals surface area contributed by atoms with E-state index >= 15 is 0 Å². The molecule has 0 atom stereocenters. The molecule has 2 aromatic heterocycles. The number of aromatic nitrogens is 1. The summed E-state index contributed by atoms with van der Waals surface area (Å²) < 4.78 is 6.49. The second-order valence-corrected chi connectivity index (χ2v) is 5.78. The lowest BCUT2D eigenvalue weighted by molar-refractivity contribution is 0.507. The molecule has 2 heterocycles. The summed E-state index contributed by atoms with van der Waals surface area (Å²) in [5, 5.41) is 1.06. The quantitative estimate of drug-likeness (QED) is 0.743. The fraction of sp³-hybridized carbons (Fsp3) is 0.214. The molecule has 3 aromatic rings. The summed E-state index contributed by atoms with van der Waals surface area (Å²) in [5.74, 6) is 0.913. The summed E-state index contributed by atoms with van der Waals surface area (Å²) in [6.07, 6.45) is 1.68. The molecule has 0 saturated heterocycles.